The van der Waals surface area contributed by atoms with Crippen LogP contribution in [0.25, 0.3) is 0 Å². The molecule has 2 aromatic rings. The van der Waals surface area contributed by atoms with Gasteiger partial charge >= 0.3 is 0 Å². The molecule has 1 aliphatic carbocycles. The molecule has 3 rings (SSSR count). The fourth-order valence-electron chi connectivity index (χ4n) is 2.86. The number of ether oxygens (including phenoxy) is 1. The standard InChI is InChI=1S/C17H20ClN3O2/c1-17(2)13(20-12-9-19-21-16(22)15(12)18)8-14(17)23-10-11-6-4-3-5-7-11/h3-7,9,13-14H,8,10H2,1-2H3,(H2,20,21,22)/t13-,14-/m0/s1. The van der Waals surface area contributed by atoms with Crippen LogP contribution in [0.15, 0.2) is 41.3 Å². The fourth-order valence-corrected chi connectivity index (χ4v) is 3.00. The van der Waals surface area contributed by atoms with Crippen LogP contribution >= 0.6 is 11.6 Å². The highest BCUT2D eigenvalue weighted by molar-refractivity contribution is 6.32. The van der Waals surface area contributed by atoms with E-state index in [-0.39, 0.29) is 28.1 Å². The lowest BCUT2D eigenvalue weighted by atomic mass is 9.64. The molecular weight excluding hydrogens is 314 g/mol. The summed E-state index contributed by atoms with van der Waals surface area (Å²) >= 11 is 6.01. The molecule has 0 aliphatic heterocycles. The Balaban J connectivity index is 1.60. The van der Waals surface area contributed by atoms with E-state index in [1.165, 1.54) is 11.8 Å². The van der Waals surface area contributed by atoms with E-state index >= 15 is 0 Å². The summed E-state index contributed by atoms with van der Waals surface area (Å²) < 4.78 is 6.04. The highest BCUT2D eigenvalue weighted by Gasteiger charge is 2.49. The Labute approximate surface area is 140 Å². The first-order valence-electron chi connectivity index (χ1n) is 7.63. The molecule has 2 N–H and O–H groups in total. The summed E-state index contributed by atoms with van der Waals surface area (Å²) in [7, 11) is 0. The molecule has 0 unspecified atom stereocenters. The Morgan fingerprint density at radius 1 is 1.39 bits per heavy atom. The van der Waals surface area contributed by atoms with Gasteiger partial charge in [0.1, 0.15) is 5.02 Å². The summed E-state index contributed by atoms with van der Waals surface area (Å²) in [4.78, 5) is 11.5. The van der Waals surface area contributed by atoms with Crippen molar-refractivity contribution in [2.75, 3.05) is 5.32 Å². The number of hydrogen-bond donors (Lipinski definition) is 2. The molecule has 1 aromatic heterocycles. The van der Waals surface area contributed by atoms with Crippen LogP contribution < -0.4 is 10.9 Å². The number of nitrogens with one attached hydrogen (secondary N) is 2. The Bertz CT molecular complexity index is 730. The minimum absolute atomic E-state index is 0.0548. The SMILES string of the molecule is CC1(C)[C@@H](Nc2cn[nH]c(=O)c2Cl)C[C@@H]1OCc1ccccc1. The van der Waals surface area contributed by atoms with Crippen LogP contribution in [0.2, 0.25) is 5.02 Å². The molecule has 122 valence electrons. The minimum atomic E-state index is -0.384. The van der Waals surface area contributed by atoms with E-state index in [4.69, 9.17) is 16.3 Å². The maximum Gasteiger partial charge on any atom is 0.285 e. The molecule has 5 nitrogen and oxygen atoms in total. The van der Waals surface area contributed by atoms with Crippen molar-refractivity contribution in [3.8, 4) is 0 Å². The predicted octanol–water partition coefficient (Wildman–Crippen LogP) is 3.22. The summed E-state index contributed by atoms with van der Waals surface area (Å²) in [5.41, 5.74) is 1.29. The molecule has 1 aromatic carbocycles. The zero-order valence-corrected chi connectivity index (χ0v) is 13.9. The first-order valence-corrected chi connectivity index (χ1v) is 8.01. The molecule has 0 amide bonds. The van der Waals surface area contributed by atoms with Gasteiger partial charge < -0.3 is 10.1 Å². The summed E-state index contributed by atoms with van der Waals surface area (Å²) in [6, 6.07) is 10.3. The molecule has 1 saturated carbocycles. The molecule has 23 heavy (non-hydrogen) atoms. The van der Waals surface area contributed by atoms with Crippen molar-refractivity contribution in [3.05, 3.63) is 57.5 Å². The van der Waals surface area contributed by atoms with E-state index in [0.29, 0.717) is 12.3 Å². The van der Waals surface area contributed by atoms with Gasteiger partial charge in [-0.2, -0.15) is 5.10 Å². The van der Waals surface area contributed by atoms with Crippen LogP contribution in [-0.2, 0) is 11.3 Å². The third-order valence-corrected chi connectivity index (χ3v) is 4.97. The molecule has 0 spiro atoms. The number of H-pyrrole nitrogens is 1. The zero-order valence-electron chi connectivity index (χ0n) is 13.2. The van der Waals surface area contributed by atoms with Gasteiger partial charge in [-0.25, -0.2) is 5.10 Å². The molecular formula is C17H20ClN3O2. The van der Waals surface area contributed by atoms with Crippen molar-refractivity contribution in [2.45, 2.75) is 39.0 Å². The van der Waals surface area contributed by atoms with Crippen molar-refractivity contribution in [1.29, 1.82) is 0 Å². The fraction of sp³-hybridized carbons (Fsp3) is 0.412. The van der Waals surface area contributed by atoms with Crippen LogP contribution in [0.5, 0.6) is 0 Å². The van der Waals surface area contributed by atoms with Crippen LogP contribution in [-0.4, -0.2) is 22.3 Å². The number of hydrogen-bond acceptors (Lipinski definition) is 4. The minimum Gasteiger partial charge on any atom is -0.379 e. The number of nitrogens with zero attached hydrogens (tertiary/aromatic N) is 1. The Kier molecular flexibility index (Phi) is 4.41. The topological polar surface area (TPSA) is 67.0 Å². The number of rotatable bonds is 5. The van der Waals surface area contributed by atoms with Gasteiger partial charge in [-0.15, -0.1) is 0 Å². The third-order valence-electron chi connectivity index (χ3n) is 4.60. The number of halogens is 1. The van der Waals surface area contributed by atoms with E-state index in [2.05, 4.69) is 41.5 Å². The van der Waals surface area contributed by atoms with E-state index < -0.39 is 0 Å². The maximum atomic E-state index is 11.5. The monoisotopic (exact) mass is 333 g/mol. The molecule has 1 heterocycles. The lowest BCUT2D eigenvalue weighted by Crippen LogP contribution is -2.58. The summed E-state index contributed by atoms with van der Waals surface area (Å²) in [6.07, 6.45) is 2.56. The van der Waals surface area contributed by atoms with Gasteiger partial charge in [-0.1, -0.05) is 55.8 Å². The first-order chi connectivity index (χ1) is 11.0. The molecule has 1 fully saturated rings. The van der Waals surface area contributed by atoms with E-state index in [9.17, 15) is 4.79 Å². The Morgan fingerprint density at radius 2 is 2.13 bits per heavy atom. The van der Waals surface area contributed by atoms with Crippen LogP contribution in [0.3, 0.4) is 0 Å². The highest BCUT2D eigenvalue weighted by atomic mass is 35.5. The number of aromatic nitrogens is 2. The van der Waals surface area contributed by atoms with Gasteiger partial charge in [0.05, 0.1) is 24.6 Å². The van der Waals surface area contributed by atoms with Crippen molar-refractivity contribution < 1.29 is 4.74 Å². The average Bonchev–Trinajstić information content (AvgIpc) is 2.55. The second kappa shape index (κ2) is 6.34. The smallest absolute Gasteiger partial charge is 0.285 e. The van der Waals surface area contributed by atoms with Gasteiger partial charge in [0, 0.05) is 11.5 Å². The Hall–Kier alpha value is -1.85. The van der Waals surface area contributed by atoms with Crippen LogP contribution in [0.1, 0.15) is 25.8 Å². The quantitative estimate of drug-likeness (QED) is 0.881. The predicted molar refractivity (Wildman–Crippen MR) is 90.7 cm³/mol. The first kappa shape index (κ1) is 16.0. The Morgan fingerprint density at radius 3 is 2.83 bits per heavy atom. The number of benzene rings is 1. The normalized spacial score (nSPS) is 22.4. The van der Waals surface area contributed by atoms with Crippen molar-refractivity contribution in [1.82, 2.24) is 10.2 Å². The largest absolute Gasteiger partial charge is 0.379 e. The molecule has 0 bridgehead atoms. The molecule has 0 radical (unpaired) electrons. The molecule has 1 aliphatic rings. The second-order valence-electron chi connectivity index (χ2n) is 6.47. The van der Waals surface area contributed by atoms with Crippen LogP contribution in [0, 0.1) is 5.41 Å². The molecule has 6 heteroatoms. The highest BCUT2D eigenvalue weighted by Crippen LogP contribution is 2.45. The number of aromatic amines is 1. The summed E-state index contributed by atoms with van der Waals surface area (Å²) in [5, 5.41) is 9.55. The van der Waals surface area contributed by atoms with E-state index in [1.807, 2.05) is 18.2 Å². The second-order valence-corrected chi connectivity index (χ2v) is 6.84. The molecule has 2 atom stereocenters. The van der Waals surface area contributed by atoms with Crippen molar-refractivity contribution in [2.24, 2.45) is 5.41 Å². The van der Waals surface area contributed by atoms with Gasteiger partial charge in [-0.3, -0.25) is 4.79 Å². The van der Waals surface area contributed by atoms with Crippen molar-refractivity contribution in [3.63, 3.8) is 0 Å². The average molecular weight is 334 g/mol. The third kappa shape index (κ3) is 3.26. The maximum absolute atomic E-state index is 11.5. The van der Waals surface area contributed by atoms with Gasteiger partial charge in [0.2, 0.25) is 0 Å². The lowest BCUT2D eigenvalue weighted by Gasteiger charge is -2.52. The van der Waals surface area contributed by atoms with E-state index in [1.54, 1.807) is 0 Å². The summed E-state index contributed by atoms with van der Waals surface area (Å²) in [6.45, 7) is 4.91. The number of anilines is 1. The van der Waals surface area contributed by atoms with Crippen LogP contribution in [0.4, 0.5) is 5.69 Å². The van der Waals surface area contributed by atoms with E-state index in [0.717, 1.165) is 6.42 Å². The molecule has 0 saturated heterocycles. The lowest BCUT2D eigenvalue weighted by molar-refractivity contribution is -0.109. The van der Waals surface area contributed by atoms with Gasteiger partial charge in [0.15, 0.2) is 0 Å². The van der Waals surface area contributed by atoms with Gasteiger partial charge in [0.25, 0.3) is 5.56 Å². The van der Waals surface area contributed by atoms with Crippen molar-refractivity contribution >= 4 is 17.3 Å². The summed E-state index contributed by atoms with van der Waals surface area (Å²) in [5.74, 6) is 0. The van der Waals surface area contributed by atoms with Gasteiger partial charge in [-0.05, 0) is 12.0 Å². The zero-order chi connectivity index (χ0) is 16.4.